The molecule has 2 fully saturated rings. The maximum atomic E-state index is 12.5. The highest BCUT2D eigenvalue weighted by Gasteiger charge is 2.54. The predicted octanol–water partition coefficient (Wildman–Crippen LogP) is 8.60. The molecule has 0 amide bonds. The van der Waals surface area contributed by atoms with Crippen LogP contribution in [0.15, 0.2) is 182 Å². The van der Waals surface area contributed by atoms with Crippen LogP contribution in [-0.4, -0.2) is 86.8 Å². The topological polar surface area (TPSA) is 113 Å². The quantitative estimate of drug-likeness (QED) is 0.0668. The van der Waals surface area contributed by atoms with Crippen LogP contribution in [0.1, 0.15) is 33.4 Å². The molecule has 6 aromatic carbocycles. The molecule has 0 aromatic heterocycles. The van der Waals surface area contributed by atoms with Crippen molar-refractivity contribution in [2.45, 2.75) is 101 Å². The Labute approximate surface area is 388 Å². The van der Waals surface area contributed by atoms with Crippen molar-refractivity contribution in [3.63, 3.8) is 0 Å². The van der Waals surface area contributed by atoms with Crippen molar-refractivity contribution in [1.82, 2.24) is 0 Å². The summed E-state index contributed by atoms with van der Waals surface area (Å²) >= 11 is 0. The van der Waals surface area contributed by atoms with Crippen molar-refractivity contribution in [2.24, 2.45) is 0 Å². The van der Waals surface area contributed by atoms with E-state index in [1.54, 1.807) is 0 Å². The van der Waals surface area contributed by atoms with Crippen LogP contribution in [0.4, 0.5) is 0 Å². The zero-order valence-corrected chi connectivity index (χ0v) is 37.3. The molecule has 0 radical (unpaired) electrons. The van der Waals surface area contributed by atoms with Gasteiger partial charge in [0, 0.05) is 7.11 Å². The van der Waals surface area contributed by atoms with E-state index in [4.69, 9.17) is 47.4 Å². The van der Waals surface area contributed by atoms with Crippen LogP contribution in [0.5, 0.6) is 0 Å². The van der Waals surface area contributed by atoms with E-state index >= 15 is 0 Å². The van der Waals surface area contributed by atoms with E-state index in [2.05, 4.69) is 0 Å². The highest BCUT2D eigenvalue weighted by atomic mass is 16.8. The lowest BCUT2D eigenvalue weighted by atomic mass is 9.96. The van der Waals surface area contributed by atoms with E-state index in [9.17, 15) is 5.11 Å². The molecule has 0 spiro atoms. The Kier molecular flexibility index (Phi) is 18.0. The molecule has 0 aliphatic carbocycles. The van der Waals surface area contributed by atoms with Crippen LogP contribution in [0.2, 0.25) is 0 Å². The molecule has 0 saturated carbocycles. The third-order valence-corrected chi connectivity index (χ3v) is 11.7. The molecular weight excluding hydrogens is 837 g/mol. The first-order chi connectivity index (χ1) is 32.6. The molecule has 2 saturated heterocycles. The van der Waals surface area contributed by atoms with Gasteiger partial charge < -0.3 is 52.5 Å². The summed E-state index contributed by atoms with van der Waals surface area (Å²) in [5.74, 6) is 0. The average molecular weight is 897 g/mol. The summed E-state index contributed by atoms with van der Waals surface area (Å²) in [6.07, 6.45) is -9.22. The highest BCUT2D eigenvalue weighted by molar-refractivity contribution is 5.18. The van der Waals surface area contributed by atoms with E-state index in [0.717, 1.165) is 33.4 Å². The second-order valence-electron chi connectivity index (χ2n) is 16.5. The summed E-state index contributed by atoms with van der Waals surface area (Å²) in [5.41, 5.74) is 5.82. The van der Waals surface area contributed by atoms with Crippen LogP contribution >= 0.6 is 0 Å². The second-order valence-corrected chi connectivity index (χ2v) is 16.5. The third kappa shape index (κ3) is 13.5. The van der Waals surface area contributed by atoms with Gasteiger partial charge in [-0.2, -0.15) is 0 Å². The zero-order chi connectivity index (χ0) is 45.2. The summed E-state index contributed by atoms with van der Waals surface area (Å²) in [6, 6.07) is 59.5. The Morgan fingerprint density at radius 3 is 1.08 bits per heavy atom. The second kappa shape index (κ2) is 25.1. The van der Waals surface area contributed by atoms with Gasteiger partial charge in [-0.1, -0.05) is 182 Å². The standard InChI is InChI=1S/C55H60O11/c1-57-54-51(61-35-43-26-14-5-15-27-43)48(56)49(46(64-54)38-58-32-40-20-8-2-9-21-40)66-55-53(63-37-45-30-18-7-19-31-45)52(62-36-44-28-16-6-17-29-44)50(60-34-42-24-12-4-13-25-42)47(65-55)39-59-33-41-22-10-3-11-23-41/h2-31,46-56H,32-39H2,1H3/t46-,47-,48+,49+,50-,51-,52+,53+,54+,55?/m1/s1. The number of aliphatic hydroxyl groups is 1. The Balaban J connectivity index is 1.14. The molecule has 346 valence electrons. The first-order valence-corrected chi connectivity index (χ1v) is 22.6. The first-order valence-electron chi connectivity index (χ1n) is 22.6. The van der Waals surface area contributed by atoms with Gasteiger partial charge in [-0.05, 0) is 33.4 Å². The van der Waals surface area contributed by atoms with Crippen molar-refractivity contribution >= 4 is 0 Å². The molecule has 6 aromatic rings. The summed E-state index contributed by atoms with van der Waals surface area (Å²) in [5, 5.41) is 12.5. The predicted molar refractivity (Wildman–Crippen MR) is 247 cm³/mol. The largest absolute Gasteiger partial charge is 0.387 e. The highest BCUT2D eigenvalue weighted by Crippen LogP contribution is 2.36. The molecule has 2 aliphatic heterocycles. The van der Waals surface area contributed by atoms with Crippen LogP contribution in [0.3, 0.4) is 0 Å². The van der Waals surface area contributed by atoms with Crippen LogP contribution in [0, 0.1) is 0 Å². The third-order valence-electron chi connectivity index (χ3n) is 11.7. The van der Waals surface area contributed by atoms with Gasteiger partial charge in [0.1, 0.15) is 48.8 Å². The molecule has 0 bridgehead atoms. The molecule has 11 heteroatoms. The summed E-state index contributed by atoms with van der Waals surface area (Å²) in [7, 11) is 1.53. The van der Waals surface area contributed by atoms with Crippen molar-refractivity contribution in [1.29, 1.82) is 0 Å². The van der Waals surface area contributed by atoms with Crippen molar-refractivity contribution in [3.05, 3.63) is 215 Å². The Hall–Kier alpha value is -5.12. The van der Waals surface area contributed by atoms with Gasteiger partial charge in [0.05, 0.1) is 52.9 Å². The lowest BCUT2D eigenvalue weighted by Crippen LogP contribution is -2.66. The van der Waals surface area contributed by atoms with Gasteiger partial charge in [-0.3, -0.25) is 0 Å². The number of rotatable bonds is 23. The molecule has 66 heavy (non-hydrogen) atoms. The Bertz CT molecular complexity index is 2220. The molecule has 10 atom stereocenters. The normalized spacial score (nSPS) is 25.4. The maximum absolute atomic E-state index is 12.5. The number of benzene rings is 6. The molecule has 11 nitrogen and oxygen atoms in total. The van der Waals surface area contributed by atoms with Crippen molar-refractivity contribution in [3.8, 4) is 0 Å². The number of aliphatic hydroxyl groups excluding tert-OH is 1. The van der Waals surface area contributed by atoms with Gasteiger partial charge in [-0.25, -0.2) is 0 Å². The molecular formula is C55H60O11. The first kappa shape index (κ1) is 47.4. The Morgan fingerprint density at radius 1 is 0.364 bits per heavy atom. The molecule has 2 aliphatic rings. The number of methoxy groups -OCH3 is 1. The molecule has 1 N–H and O–H groups in total. The van der Waals surface area contributed by atoms with Gasteiger partial charge in [0.25, 0.3) is 0 Å². The van der Waals surface area contributed by atoms with E-state index in [0.29, 0.717) is 13.2 Å². The van der Waals surface area contributed by atoms with Crippen LogP contribution in [0.25, 0.3) is 0 Å². The van der Waals surface area contributed by atoms with Gasteiger partial charge in [0.2, 0.25) is 0 Å². The lowest BCUT2D eigenvalue weighted by Gasteiger charge is -2.49. The fourth-order valence-corrected chi connectivity index (χ4v) is 8.21. The summed E-state index contributed by atoms with van der Waals surface area (Å²) < 4.78 is 66.5. The molecule has 1 unspecified atom stereocenters. The smallest absolute Gasteiger partial charge is 0.187 e. The molecule has 2 heterocycles. The summed E-state index contributed by atoms with van der Waals surface area (Å²) in [4.78, 5) is 0. The average Bonchev–Trinajstić information content (AvgIpc) is 3.37. The van der Waals surface area contributed by atoms with E-state index in [1.165, 1.54) is 7.11 Å². The van der Waals surface area contributed by atoms with E-state index in [-0.39, 0.29) is 39.6 Å². The van der Waals surface area contributed by atoms with Crippen molar-refractivity contribution < 1.29 is 52.5 Å². The fourth-order valence-electron chi connectivity index (χ4n) is 8.21. The Morgan fingerprint density at radius 2 is 0.682 bits per heavy atom. The zero-order valence-electron chi connectivity index (χ0n) is 37.3. The minimum atomic E-state index is -1.26. The molecule has 8 rings (SSSR count). The maximum Gasteiger partial charge on any atom is 0.187 e. The SMILES string of the molecule is CO[C@H]1O[C@H](COCc2ccccc2)[C@H](OC2O[C@H](COCc3ccccc3)[C@@H](OCc3ccccc3)[C@H](OCc3ccccc3)[C@@H]2OCc2ccccc2)[C@H](O)[C@H]1OCc1ccccc1. The monoisotopic (exact) mass is 896 g/mol. The number of hydrogen-bond acceptors (Lipinski definition) is 11. The number of ether oxygens (including phenoxy) is 10. The fraction of sp³-hybridized carbons (Fsp3) is 0.345. The van der Waals surface area contributed by atoms with E-state index in [1.807, 2.05) is 182 Å². The van der Waals surface area contributed by atoms with E-state index < -0.39 is 61.4 Å². The van der Waals surface area contributed by atoms with Gasteiger partial charge in [-0.15, -0.1) is 0 Å². The van der Waals surface area contributed by atoms with Crippen molar-refractivity contribution in [2.75, 3.05) is 20.3 Å². The van der Waals surface area contributed by atoms with Gasteiger partial charge in [0.15, 0.2) is 12.6 Å². The summed E-state index contributed by atoms with van der Waals surface area (Å²) in [6.45, 7) is 1.79. The van der Waals surface area contributed by atoms with Gasteiger partial charge >= 0.3 is 0 Å². The lowest BCUT2D eigenvalue weighted by molar-refractivity contribution is -0.372. The number of hydrogen-bond donors (Lipinski definition) is 1. The minimum absolute atomic E-state index is 0.0600. The minimum Gasteiger partial charge on any atom is -0.387 e. The van der Waals surface area contributed by atoms with Crippen LogP contribution < -0.4 is 0 Å². The van der Waals surface area contributed by atoms with Crippen LogP contribution in [-0.2, 0) is 87.0 Å².